The molecule has 0 aromatic carbocycles. The van der Waals surface area contributed by atoms with Crippen molar-refractivity contribution in [2.24, 2.45) is 5.10 Å². The Hall–Kier alpha value is -1.79. The molecule has 0 fully saturated rings. The summed E-state index contributed by atoms with van der Waals surface area (Å²) in [4.78, 5) is 22.8. The number of hydrazone groups is 1. The minimum atomic E-state index is -0.658. The largest absolute Gasteiger partial charge is 0.449 e. The van der Waals surface area contributed by atoms with Crippen LogP contribution in [0.4, 0.5) is 9.59 Å². The molecule has 0 aromatic rings. The lowest BCUT2D eigenvalue weighted by Gasteiger charge is -2.09. The van der Waals surface area contributed by atoms with Crippen LogP contribution in [0.25, 0.3) is 0 Å². The van der Waals surface area contributed by atoms with Crippen molar-refractivity contribution in [2.75, 3.05) is 20.7 Å². The minimum Gasteiger partial charge on any atom is -0.449 e. The highest BCUT2D eigenvalue weighted by Gasteiger charge is 2.01. The van der Waals surface area contributed by atoms with Gasteiger partial charge in [-0.1, -0.05) is 0 Å². The Balaban J connectivity index is 3.82. The Morgan fingerprint density at radius 1 is 1.57 bits per heavy atom. The van der Waals surface area contributed by atoms with Crippen molar-refractivity contribution in [1.82, 2.24) is 15.6 Å². The molecule has 0 unspecified atom stereocenters. The summed E-state index contributed by atoms with van der Waals surface area (Å²) in [6, 6.07) is -0.334. The summed E-state index contributed by atoms with van der Waals surface area (Å²) >= 11 is 0. The van der Waals surface area contributed by atoms with Crippen molar-refractivity contribution in [2.45, 2.75) is 6.92 Å². The third-order valence-corrected chi connectivity index (χ3v) is 1.20. The molecule has 0 aromatic heterocycles. The third-order valence-electron chi connectivity index (χ3n) is 1.20. The van der Waals surface area contributed by atoms with Crippen molar-refractivity contribution in [3.63, 3.8) is 0 Å². The summed E-state index contributed by atoms with van der Waals surface area (Å²) in [7, 11) is 2.99. The summed E-state index contributed by atoms with van der Waals surface area (Å²) in [5, 5.41) is 5.85. The van der Waals surface area contributed by atoms with Crippen molar-refractivity contribution in [1.29, 1.82) is 0 Å². The van der Waals surface area contributed by atoms with Gasteiger partial charge >= 0.3 is 12.1 Å². The maximum absolute atomic E-state index is 10.9. The van der Waals surface area contributed by atoms with Crippen LogP contribution in [0.1, 0.15) is 6.92 Å². The molecule has 0 aliphatic carbocycles. The second-order valence-electron chi connectivity index (χ2n) is 2.24. The fourth-order valence-corrected chi connectivity index (χ4v) is 0.560. The Kier molecular flexibility index (Phi) is 5.84. The predicted octanol–water partition coefficient (Wildman–Crippen LogP) is -0.0530. The van der Waals surface area contributed by atoms with Gasteiger partial charge in [0.05, 0.1) is 6.61 Å². The summed E-state index contributed by atoms with van der Waals surface area (Å²) in [5.41, 5.74) is 2.08. The van der Waals surface area contributed by atoms with Gasteiger partial charge in [0.25, 0.3) is 0 Å². The molecule has 0 aliphatic rings. The molecule has 0 saturated carbocycles. The van der Waals surface area contributed by atoms with E-state index in [1.807, 2.05) is 0 Å². The number of ether oxygens (including phenoxy) is 1. The van der Waals surface area contributed by atoms with Gasteiger partial charge in [0.1, 0.15) is 6.34 Å². The highest BCUT2D eigenvalue weighted by Crippen LogP contribution is 1.78. The lowest BCUT2D eigenvalue weighted by Crippen LogP contribution is -2.34. The van der Waals surface area contributed by atoms with Gasteiger partial charge < -0.3 is 10.1 Å². The zero-order valence-corrected chi connectivity index (χ0v) is 8.40. The summed E-state index contributed by atoms with van der Waals surface area (Å²) in [6.45, 7) is 1.95. The normalized spacial score (nSPS) is 9.64. The maximum Gasteiger partial charge on any atom is 0.427 e. The van der Waals surface area contributed by atoms with Crippen molar-refractivity contribution >= 4 is 18.5 Å². The fourth-order valence-electron chi connectivity index (χ4n) is 0.560. The van der Waals surface area contributed by atoms with E-state index in [1.165, 1.54) is 19.0 Å². The second-order valence-corrected chi connectivity index (χ2v) is 2.24. The molecule has 0 aliphatic heterocycles. The zero-order valence-electron chi connectivity index (χ0n) is 8.40. The van der Waals surface area contributed by atoms with Gasteiger partial charge in [0.15, 0.2) is 0 Å². The van der Waals surface area contributed by atoms with Gasteiger partial charge in [-0.3, -0.25) is 4.90 Å². The van der Waals surface area contributed by atoms with E-state index < -0.39 is 6.09 Å². The first-order valence-electron chi connectivity index (χ1n) is 4.02. The van der Waals surface area contributed by atoms with Crippen LogP contribution in [-0.2, 0) is 4.74 Å². The number of hydrogen-bond donors (Lipinski definition) is 2. The van der Waals surface area contributed by atoms with Gasteiger partial charge in [-0.25, -0.2) is 15.0 Å². The van der Waals surface area contributed by atoms with Crippen LogP contribution in [0, 0.1) is 0 Å². The first kappa shape index (κ1) is 12.2. The maximum atomic E-state index is 10.9. The van der Waals surface area contributed by atoms with Gasteiger partial charge in [0, 0.05) is 14.1 Å². The third kappa shape index (κ3) is 4.96. The second kappa shape index (κ2) is 6.70. The average molecular weight is 202 g/mol. The van der Waals surface area contributed by atoms with E-state index in [9.17, 15) is 9.59 Å². The Bertz CT molecular complexity index is 229. The lowest BCUT2D eigenvalue weighted by molar-refractivity contribution is 0.152. The number of carbonyl (C=O) groups is 2. The van der Waals surface area contributed by atoms with Gasteiger partial charge in [-0.2, -0.15) is 5.10 Å². The highest BCUT2D eigenvalue weighted by molar-refractivity contribution is 5.86. The van der Waals surface area contributed by atoms with Crippen molar-refractivity contribution in [3.05, 3.63) is 0 Å². The standard InChI is InChI=1S/C7H14N4O3/c1-4-14-7(13)10-9-5-11(3)6(12)8-2/h5H,4H2,1-3H3,(H,8,12)(H,10,13)/b9-5+. The summed E-state index contributed by atoms with van der Waals surface area (Å²) < 4.78 is 4.53. The van der Waals surface area contributed by atoms with Gasteiger partial charge in [-0.05, 0) is 6.92 Å². The molecule has 7 nitrogen and oxygen atoms in total. The van der Waals surface area contributed by atoms with Crippen LogP contribution in [0.2, 0.25) is 0 Å². The molecule has 0 bridgehead atoms. The molecular weight excluding hydrogens is 188 g/mol. The molecule has 0 spiro atoms. The molecule has 2 N–H and O–H groups in total. The topological polar surface area (TPSA) is 83.0 Å². The van der Waals surface area contributed by atoms with E-state index in [1.54, 1.807) is 6.92 Å². The Morgan fingerprint density at radius 3 is 2.71 bits per heavy atom. The molecule has 0 rings (SSSR count). The SMILES string of the molecule is CCOC(=O)N/N=C/N(C)C(=O)NC. The van der Waals surface area contributed by atoms with Crippen LogP contribution in [0.3, 0.4) is 0 Å². The van der Waals surface area contributed by atoms with Crippen molar-refractivity contribution < 1.29 is 14.3 Å². The number of nitrogens with zero attached hydrogens (tertiary/aromatic N) is 2. The Morgan fingerprint density at radius 2 is 2.21 bits per heavy atom. The van der Waals surface area contributed by atoms with E-state index in [4.69, 9.17) is 0 Å². The molecule has 0 radical (unpaired) electrons. The summed E-state index contributed by atoms with van der Waals surface area (Å²) in [6.07, 6.45) is 0.504. The monoisotopic (exact) mass is 202 g/mol. The van der Waals surface area contributed by atoms with E-state index in [-0.39, 0.29) is 12.6 Å². The number of nitrogens with one attached hydrogen (secondary N) is 2. The number of rotatable bonds is 3. The van der Waals surface area contributed by atoms with Crippen LogP contribution in [-0.4, -0.2) is 44.1 Å². The number of urea groups is 1. The molecule has 80 valence electrons. The van der Waals surface area contributed by atoms with E-state index in [2.05, 4.69) is 20.6 Å². The van der Waals surface area contributed by atoms with E-state index >= 15 is 0 Å². The molecule has 0 atom stereocenters. The molecule has 14 heavy (non-hydrogen) atoms. The van der Waals surface area contributed by atoms with E-state index in [0.717, 1.165) is 6.34 Å². The smallest absolute Gasteiger partial charge is 0.427 e. The van der Waals surface area contributed by atoms with Gasteiger partial charge in [0.2, 0.25) is 0 Å². The molecule has 7 heteroatoms. The zero-order chi connectivity index (χ0) is 11.0. The molecule has 0 heterocycles. The van der Waals surface area contributed by atoms with Crippen LogP contribution < -0.4 is 10.7 Å². The van der Waals surface area contributed by atoms with Crippen LogP contribution >= 0.6 is 0 Å². The van der Waals surface area contributed by atoms with Gasteiger partial charge in [-0.15, -0.1) is 0 Å². The first-order valence-corrected chi connectivity index (χ1v) is 4.02. The number of carbonyl (C=O) groups excluding carboxylic acids is 2. The average Bonchev–Trinajstić information content (AvgIpc) is 2.16. The van der Waals surface area contributed by atoms with E-state index in [0.29, 0.717) is 0 Å². The lowest BCUT2D eigenvalue weighted by atomic mass is 10.8. The number of amides is 3. The Labute approximate surface area is 82.1 Å². The van der Waals surface area contributed by atoms with Crippen molar-refractivity contribution in [3.8, 4) is 0 Å². The predicted molar refractivity (Wildman–Crippen MR) is 50.9 cm³/mol. The molecule has 3 amide bonds. The molecule has 0 saturated heterocycles. The minimum absolute atomic E-state index is 0.270. The molecular formula is C7H14N4O3. The van der Waals surface area contributed by atoms with Crippen LogP contribution in [0.5, 0.6) is 0 Å². The summed E-state index contributed by atoms with van der Waals surface area (Å²) in [5.74, 6) is 0. The van der Waals surface area contributed by atoms with Crippen LogP contribution in [0.15, 0.2) is 5.10 Å². The number of hydrogen-bond acceptors (Lipinski definition) is 4. The fraction of sp³-hybridized carbons (Fsp3) is 0.571. The quantitative estimate of drug-likeness (QED) is 0.382. The highest BCUT2D eigenvalue weighted by atomic mass is 16.5. The first-order chi connectivity index (χ1) is 6.61.